The molecule has 0 aliphatic carbocycles. The van der Waals surface area contributed by atoms with Crippen molar-refractivity contribution in [3.05, 3.63) is 78.1 Å². The zero-order valence-electron chi connectivity index (χ0n) is 17.1. The summed E-state index contributed by atoms with van der Waals surface area (Å²) in [5.41, 5.74) is 18.7. The maximum atomic E-state index is 6.18. The van der Waals surface area contributed by atoms with E-state index in [1.807, 2.05) is 65.2 Å². The number of ether oxygens (including phenoxy) is 1. The van der Waals surface area contributed by atoms with Crippen LogP contribution in [0, 0.1) is 0 Å². The van der Waals surface area contributed by atoms with Crippen LogP contribution in [0.4, 0.5) is 0 Å². The Morgan fingerprint density at radius 2 is 1.94 bits per heavy atom. The molecule has 0 saturated carbocycles. The molecule has 1 aliphatic heterocycles. The molecule has 1 unspecified atom stereocenters. The molecule has 1 atom stereocenters. The van der Waals surface area contributed by atoms with Crippen molar-refractivity contribution in [3.8, 4) is 28.3 Å². The number of nitrogens with two attached hydrogens (primary N) is 3. The monoisotopic (exact) mass is 413 g/mol. The van der Waals surface area contributed by atoms with Gasteiger partial charge < -0.3 is 21.2 Å². The highest BCUT2D eigenvalue weighted by atomic mass is 16.5. The number of rotatable bonds is 4. The van der Waals surface area contributed by atoms with Gasteiger partial charge in [-0.3, -0.25) is 0 Å². The molecular formula is C23H23N7O. The van der Waals surface area contributed by atoms with E-state index in [0.717, 1.165) is 33.8 Å². The lowest BCUT2D eigenvalue weighted by atomic mass is 10.0. The Labute approximate surface area is 179 Å². The second-order valence-corrected chi connectivity index (χ2v) is 7.58. The van der Waals surface area contributed by atoms with Crippen molar-refractivity contribution in [2.24, 2.45) is 17.3 Å². The summed E-state index contributed by atoms with van der Waals surface area (Å²) in [6.45, 7) is 0.488. The molecule has 156 valence electrons. The summed E-state index contributed by atoms with van der Waals surface area (Å²) in [7, 11) is 1.71. The average Bonchev–Trinajstić information content (AvgIpc) is 3.33. The van der Waals surface area contributed by atoms with Crippen LogP contribution in [0.2, 0.25) is 0 Å². The minimum atomic E-state index is -0.0987. The van der Waals surface area contributed by atoms with E-state index in [1.165, 1.54) is 5.01 Å². The molecular weight excluding hydrogens is 390 g/mol. The molecule has 4 aromatic rings. The number of fused-ring (bicyclic) bond motifs is 2. The second-order valence-electron chi connectivity index (χ2n) is 7.58. The number of benzene rings is 2. The van der Waals surface area contributed by atoms with Gasteiger partial charge in [-0.1, -0.05) is 42.5 Å². The lowest BCUT2D eigenvalue weighted by Gasteiger charge is -2.09. The van der Waals surface area contributed by atoms with Gasteiger partial charge in [0, 0.05) is 29.9 Å². The van der Waals surface area contributed by atoms with Gasteiger partial charge in [0.2, 0.25) is 0 Å². The number of hydrogen-bond donors (Lipinski definition) is 3. The first-order chi connectivity index (χ1) is 15.0. The van der Waals surface area contributed by atoms with Crippen LogP contribution >= 0.6 is 0 Å². The van der Waals surface area contributed by atoms with Crippen molar-refractivity contribution in [3.63, 3.8) is 0 Å². The van der Waals surface area contributed by atoms with E-state index in [-0.39, 0.29) is 6.04 Å². The van der Waals surface area contributed by atoms with Crippen LogP contribution in [-0.4, -0.2) is 33.3 Å². The normalized spacial score (nSPS) is 15.7. The predicted octanol–water partition coefficient (Wildman–Crippen LogP) is 2.52. The molecule has 2 aromatic carbocycles. The summed E-state index contributed by atoms with van der Waals surface area (Å²) >= 11 is 0. The van der Waals surface area contributed by atoms with Crippen molar-refractivity contribution in [2.75, 3.05) is 13.7 Å². The van der Waals surface area contributed by atoms with Crippen molar-refractivity contribution >= 4 is 11.3 Å². The van der Waals surface area contributed by atoms with Crippen molar-refractivity contribution < 1.29 is 4.74 Å². The van der Waals surface area contributed by atoms with Gasteiger partial charge >= 0.3 is 0 Å². The Morgan fingerprint density at radius 3 is 2.71 bits per heavy atom. The Bertz CT molecular complexity index is 1290. The lowest BCUT2D eigenvalue weighted by Crippen LogP contribution is -2.21. The molecule has 5 rings (SSSR count). The summed E-state index contributed by atoms with van der Waals surface area (Å²) in [6.07, 6.45) is 1.62. The van der Waals surface area contributed by atoms with Crippen LogP contribution in [0.5, 0.6) is 5.75 Å². The molecule has 3 heterocycles. The zero-order valence-corrected chi connectivity index (χ0v) is 17.1. The molecule has 8 heteroatoms. The largest absolute Gasteiger partial charge is 0.491 e. The molecule has 2 aromatic heterocycles. The molecule has 8 nitrogen and oxygen atoms in total. The van der Waals surface area contributed by atoms with Gasteiger partial charge in [0.15, 0.2) is 5.65 Å². The Kier molecular flexibility index (Phi) is 4.58. The zero-order chi connectivity index (χ0) is 21.5. The van der Waals surface area contributed by atoms with Crippen LogP contribution < -0.4 is 22.0 Å². The number of hydrogen-bond acceptors (Lipinski definition) is 7. The van der Waals surface area contributed by atoms with E-state index < -0.39 is 0 Å². The van der Waals surface area contributed by atoms with Gasteiger partial charge in [-0.2, -0.15) is 5.10 Å². The minimum absolute atomic E-state index is 0.0987. The third kappa shape index (κ3) is 3.37. The van der Waals surface area contributed by atoms with E-state index in [4.69, 9.17) is 32.1 Å². The van der Waals surface area contributed by atoms with Gasteiger partial charge in [0.1, 0.15) is 23.7 Å². The fraction of sp³-hybridized carbons (Fsp3) is 0.130. The predicted molar refractivity (Wildman–Crippen MR) is 120 cm³/mol. The highest BCUT2D eigenvalue weighted by molar-refractivity contribution is 5.82. The van der Waals surface area contributed by atoms with E-state index in [1.54, 1.807) is 13.2 Å². The quantitative estimate of drug-likeness (QED) is 0.347. The molecule has 1 aliphatic rings. The number of aromatic nitrogens is 3. The fourth-order valence-corrected chi connectivity index (χ4v) is 3.81. The van der Waals surface area contributed by atoms with E-state index in [9.17, 15) is 0 Å². The maximum Gasteiger partial charge on any atom is 0.155 e. The first kappa shape index (κ1) is 19.1. The highest BCUT2D eigenvalue weighted by Gasteiger charge is 2.23. The Hall–Kier alpha value is -3.88. The molecule has 0 amide bonds. The Balaban J connectivity index is 1.73. The van der Waals surface area contributed by atoms with Crippen LogP contribution in [0.3, 0.4) is 0 Å². The first-order valence-corrected chi connectivity index (χ1v) is 9.94. The van der Waals surface area contributed by atoms with Crippen molar-refractivity contribution in [2.45, 2.75) is 6.04 Å². The van der Waals surface area contributed by atoms with Crippen LogP contribution in [0.25, 0.3) is 33.9 Å². The topological polar surface area (TPSA) is 121 Å². The molecule has 0 radical (unpaired) electrons. The van der Waals surface area contributed by atoms with Gasteiger partial charge in [0.05, 0.1) is 17.4 Å². The van der Waals surface area contributed by atoms with Crippen LogP contribution in [0.1, 0.15) is 17.3 Å². The summed E-state index contributed by atoms with van der Waals surface area (Å²) < 4.78 is 7.58. The summed E-state index contributed by atoms with van der Waals surface area (Å²) in [4.78, 5) is 4.88. The highest BCUT2D eigenvalue weighted by Crippen LogP contribution is 2.38. The van der Waals surface area contributed by atoms with E-state index in [2.05, 4.69) is 0 Å². The first-order valence-electron chi connectivity index (χ1n) is 9.94. The minimum Gasteiger partial charge on any atom is -0.491 e. The Morgan fingerprint density at radius 1 is 1.13 bits per heavy atom. The second kappa shape index (κ2) is 7.42. The van der Waals surface area contributed by atoms with E-state index >= 15 is 0 Å². The number of imidazole rings is 1. The lowest BCUT2D eigenvalue weighted by molar-refractivity contribution is 0.333. The molecule has 0 bridgehead atoms. The third-order valence-corrected chi connectivity index (χ3v) is 5.27. The van der Waals surface area contributed by atoms with Gasteiger partial charge in [0.25, 0.3) is 0 Å². The van der Waals surface area contributed by atoms with Crippen molar-refractivity contribution in [1.82, 2.24) is 19.6 Å². The average molecular weight is 413 g/mol. The third-order valence-electron chi connectivity index (χ3n) is 5.27. The van der Waals surface area contributed by atoms with Crippen molar-refractivity contribution in [1.29, 1.82) is 0 Å². The number of hydrazine groups is 1. The SMILES string of the molecule is CN(N)/C=C(\N)c1ccc2nc(-c3ccc4c(c3)OCC4N)c(-c3ccccc3)n2n1. The number of nitrogens with zero attached hydrogens (tertiary/aromatic N) is 4. The fourth-order valence-electron chi connectivity index (χ4n) is 3.81. The molecule has 0 saturated heterocycles. The van der Waals surface area contributed by atoms with Gasteiger partial charge in [-0.15, -0.1) is 0 Å². The summed E-state index contributed by atoms with van der Waals surface area (Å²) in [5.74, 6) is 6.51. The van der Waals surface area contributed by atoms with Crippen LogP contribution in [0.15, 0.2) is 66.9 Å². The maximum absolute atomic E-state index is 6.18. The molecule has 6 N–H and O–H groups in total. The standard InChI is InChI=1S/C23H23N7O/c1-29(26)12-17(24)19-9-10-21-27-22(15-7-8-16-18(25)13-31-20(16)11-15)23(30(21)28-19)14-5-3-2-4-6-14/h2-12,18H,13,24-26H2,1H3/b17-12-. The van der Waals surface area contributed by atoms with Crippen LogP contribution in [-0.2, 0) is 0 Å². The molecule has 0 spiro atoms. The smallest absolute Gasteiger partial charge is 0.155 e. The van der Waals surface area contributed by atoms with Gasteiger partial charge in [-0.05, 0) is 18.2 Å². The van der Waals surface area contributed by atoms with Gasteiger partial charge in [-0.25, -0.2) is 15.3 Å². The molecule has 0 fully saturated rings. The van der Waals surface area contributed by atoms with E-state index in [0.29, 0.717) is 23.6 Å². The summed E-state index contributed by atoms with van der Waals surface area (Å²) in [5, 5.41) is 6.16. The molecule has 31 heavy (non-hydrogen) atoms. The summed E-state index contributed by atoms with van der Waals surface area (Å²) in [6, 6.07) is 19.7.